The Kier molecular flexibility index (Phi) is 8.71. The topological polar surface area (TPSA) is 92.9 Å². The van der Waals surface area contributed by atoms with E-state index in [4.69, 9.17) is 16.3 Å². The fraction of sp³-hybridized carbons (Fsp3) is 0.519. The number of morpholine rings is 1. The van der Waals surface area contributed by atoms with Gasteiger partial charge in [0.05, 0.1) is 24.9 Å². The van der Waals surface area contributed by atoms with E-state index in [1.54, 1.807) is 29.2 Å². The van der Waals surface area contributed by atoms with Gasteiger partial charge >= 0.3 is 6.18 Å². The number of hydrogen-bond acceptors (Lipinski definition) is 7. The number of likely N-dealkylation sites (N-methyl/N-ethyl adjacent to an activating group) is 1. The average molecular weight is 566 g/mol. The average Bonchev–Trinajstić information content (AvgIpc) is 3.35. The van der Waals surface area contributed by atoms with Gasteiger partial charge in [-0.3, -0.25) is 9.69 Å². The smallest absolute Gasteiger partial charge is 0.394 e. The van der Waals surface area contributed by atoms with Crippen LogP contribution in [-0.4, -0.2) is 78.5 Å². The van der Waals surface area contributed by atoms with Crippen LogP contribution in [0.15, 0.2) is 24.3 Å². The lowest BCUT2D eigenvalue weighted by atomic mass is 10.1. The molecule has 12 heteroatoms. The summed E-state index contributed by atoms with van der Waals surface area (Å²) in [7, 11) is 0. The van der Waals surface area contributed by atoms with Crippen LogP contribution in [0, 0.1) is 25.2 Å². The van der Waals surface area contributed by atoms with Crippen LogP contribution in [-0.2, 0) is 15.7 Å². The summed E-state index contributed by atoms with van der Waals surface area (Å²) in [6.45, 7) is 6.76. The molecule has 0 spiro atoms. The van der Waals surface area contributed by atoms with Crippen LogP contribution < -0.4 is 9.80 Å². The third-order valence-corrected chi connectivity index (χ3v) is 7.73. The van der Waals surface area contributed by atoms with E-state index >= 15 is 0 Å². The third kappa shape index (κ3) is 5.99. The van der Waals surface area contributed by atoms with Crippen molar-refractivity contribution in [1.29, 1.82) is 5.26 Å². The van der Waals surface area contributed by atoms with Crippen molar-refractivity contribution < 1.29 is 27.8 Å². The number of anilines is 2. The van der Waals surface area contributed by atoms with Gasteiger partial charge in [-0.1, -0.05) is 17.7 Å². The number of aromatic nitrogens is 1. The van der Waals surface area contributed by atoms with Gasteiger partial charge in [0.1, 0.15) is 23.5 Å². The molecule has 210 valence electrons. The maximum Gasteiger partial charge on any atom is 0.417 e. The predicted molar refractivity (Wildman–Crippen MR) is 141 cm³/mol. The maximum atomic E-state index is 14.1. The van der Waals surface area contributed by atoms with Gasteiger partial charge in [-0.25, -0.2) is 4.98 Å². The molecule has 1 N–H and O–H groups in total. The molecular weight excluding hydrogens is 535 g/mol. The molecule has 2 fully saturated rings. The van der Waals surface area contributed by atoms with E-state index in [9.17, 15) is 28.3 Å². The standard InChI is InChI=1S/C27H31ClF3N5O3/c1-4-35(18-6-5-16(2)23(28)10-18)26(38)24-11-19(34-7-8-39-20(14-34)15-37)13-36(24)25-21(12-32)22(27(29,30)31)9-17(3)33-25/h5-6,9-10,19-20,24,37H,4,7-8,11,13-15H2,1-3H3/t19-,20?,24-/m0/s1. The highest BCUT2D eigenvalue weighted by Crippen LogP contribution is 2.39. The van der Waals surface area contributed by atoms with Gasteiger partial charge in [0.25, 0.3) is 0 Å². The Labute approximate surface area is 230 Å². The van der Waals surface area contributed by atoms with Crippen molar-refractivity contribution in [1.82, 2.24) is 9.88 Å². The summed E-state index contributed by atoms with van der Waals surface area (Å²) >= 11 is 6.33. The second-order valence-electron chi connectivity index (χ2n) is 9.86. The van der Waals surface area contributed by atoms with E-state index in [0.717, 1.165) is 11.6 Å². The Bertz CT molecular complexity index is 1270. The molecule has 1 aromatic carbocycles. The van der Waals surface area contributed by atoms with E-state index < -0.39 is 29.4 Å². The lowest BCUT2D eigenvalue weighted by Crippen LogP contribution is -2.49. The molecule has 1 aromatic heterocycles. The lowest BCUT2D eigenvalue weighted by Gasteiger charge is -2.36. The number of carbonyl (C=O) groups excluding carboxylic acids is 1. The van der Waals surface area contributed by atoms with Crippen LogP contribution in [0.1, 0.15) is 35.7 Å². The highest BCUT2D eigenvalue weighted by molar-refractivity contribution is 6.31. The summed E-state index contributed by atoms with van der Waals surface area (Å²) in [5.74, 6) is -0.483. The number of carbonyl (C=O) groups is 1. The largest absolute Gasteiger partial charge is 0.417 e. The number of hydrogen-bond donors (Lipinski definition) is 1. The minimum atomic E-state index is -4.77. The van der Waals surface area contributed by atoms with Gasteiger partial charge in [0, 0.05) is 48.6 Å². The predicted octanol–water partition coefficient (Wildman–Crippen LogP) is 3.94. The second-order valence-corrected chi connectivity index (χ2v) is 10.3. The summed E-state index contributed by atoms with van der Waals surface area (Å²) in [5, 5.41) is 19.9. The number of rotatable bonds is 6. The van der Waals surface area contributed by atoms with Gasteiger partial charge in [0.2, 0.25) is 5.91 Å². The molecule has 1 amide bonds. The van der Waals surface area contributed by atoms with Crippen LogP contribution in [0.5, 0.6) is 0 Å². The first-order valence-corrected chi connectivity index (χ1v) is 13.2. The van der Waals surface area contributed by atoms with E-state index in [2.05, 4.69) is 9.88 Å². The molecule has 0 saturated carbocycles. The molecule has 39 heavy (non-hydrogen) atoms. The van der Waals surface area contributed by atoms with Crippen molar-refractivity contribution in [2.45, 2.75) is 51.6 Å². The molecule has 0 bridgehead atoms. The van der Waals surface area contributed by atoms with Crippen molar-refractivity contribution in [2.75, 3.05) is 49.2 Å². The highest BCUT2D eigenvalue weighted by Gasteiger charge is 2.45. The number of halogens is 4. The van der Waals surface area contributed by atoms with Crippen LogP contribution in [0.2, 0.25) is 5.02 Å². The van der Waals surface area contributed by atoms with Gasteiger partial charge in [0.15, 0.2) is 0 Å². The summed E-state index contributed by atoms with van der Waals surface area (Å²) in [5.41, 5.74) is -0.175. The zero-order valence-corrected chi connectivity index (χ0v) is 22.8. The first-order valence-electron chi connectivity index (χ1n) is 12.8. The molecule has 2 aliphatic rings. The Morgan fingerprint density at radius 3 is 2.67 bits per heavy atom. The molecule has 2 saturated heterocycles. The van der Waals surface area contributed by atoms with Gasteiger partial charge < -0.3 is 19.6 Å². The molecule has 4 rings (SSSR count). The Morgan fingerprint density at radius 1 is 1.31 bits per heavy atom. The zero-order valence-electron chi connectivity index (χ0n) is 22.0. The van der Waals surface area contributed by atoms with Crippen molar-refractivity contribution >= 4 is 29.0 Å². The Balaban J connectivity index is 1.78. The monoisotopic (exact) mass is 565 g/mol. The number of aryl methyl sites for hydroxylation is 2. The lowest BCUT2D eigenvalue weighted by molar-refractivity contribution is -0.137. The number of alkyl halides is 3. The van der Waals surface area contributed by atoms with Gasteiger partial charge in [-0.05, 0) is 51.0 Å². The summed E-state index contributed by atoms with van der Waals surface area (Å²) in [6.07, 6.45) is -4.86. The van der Waals surface area contributed by atoms with Crippen LogP contribution >= 0.6 is 11.6 Å². The summed E-state index contributed by atoms with van der Waals surface area (Å²) in [4.78, 5) is 23.6. The molecule has 3 atom stereocenters. The summed E-state index contributed by atoms with van der Waals surface area (Å²) in [6, 6.07) is 6.71. The third-order valence-electron chi connectivity index (χ3n) is 7.32. The number of nitriles is 1. The number of aliphatic hydroxyl groups is 1. The zero-order chi connectivity index (χ0) is 28.5. The first-order chi connectivity index (χ1) is 18.5. The number of nitrogens with zero attached hydrogens (tertiary/aromatic N) is 5. The van der Waals surface area contributed by atoms with E-state index in [1.165, 1.54) is 11.8 Å². The molecule has 0 radical (unpaired) electrons. The first kappa shape index (κ1) is 29.1. The highest BCUT2D eigenvalue weighted by atomic mass is 35.5. The minimum absolute atomic E-state index is 0.0929. The SMILES string of the molecule is CCN(C(=O)[C@@H]1C[C@H](N2CCOC(CO)C2)CN1c1nc(C)cc(C(F)(F)F)c1C#N)c1ccc(C)c(Cl)c1. The van der Waals surface area contributed by atoms with E-state index in [1.807, 2.05) is 13.8 Å². The van der Waals surface area contributed by atoms with Gasteiger partial charge in [-0.15, -0.1) is 0 Å². The van der Waals surface area contributed by atoms with Crippen molar-refractivity contribution in [3.63, 3.8) is 0 Å². The quantitative estimate of drug-likeness (QED) is 0.567. The van der Waals surface area contributed by atoms with Gasteiger partial charge in [-0.2, -0.15) is 18.4 Å². The molecule has 2 aromatic rings. The fourth-order valence-electron chi connectivity index (χ4n) is 5.32. The van der Waals surface area contributed by atoms with Crippen molar-refractivity contribution in [2.24, 2.45) is 0 Å². The summed E-state index contributed by atoms with van der Waals surface area (Å²) < 4.78 is 47.4. The minimum Gasteiger partial charge on any atom is -0.394 e. The molecule has 3 heterocycles. The molecule has 8 nitrogen and oxygen atoms in total. The molecule has 2 aliphatic heterocycles. The van der Waals surface area contributed by atoms with E-state index in [-0.39, 0.29) is 36.6 Å². The van der Waals surface area contributed by atoms with Crippen molar-refractivity contribution in [3.05, 3.63) is 51.7 Å². The number of amides is 1. The Hall–Kier alpha value is -2.91. The number of aliphatic hydroxyl groups excluding tert-OH is 1. The second kappa shape index (κ2) is 11.7. The van der Waals surface area contributed by atoms with E-state index in [0.29, 0.717) is 43.4 Å². The van der Waals surface area contributed by atoms with Crippen LogP contribution in [0.25, 0.3) is 0 Å². The molecule has 1 unspecified atom stereocenters. The Morgan fingerprint density at radius 2 is 2.05 bits per heavy atom. The van der Waals surface area contributed by atoms with Crippen molar-refractivity contribution in [3.8, 4) is 6.07 Å². The number of pyridine rings is 1. The molecule has 0 aliphatic carbocycles. The molecular formula is C27H31ClF3N5O3. The fourth-order valence-corrected chi connectivity index (χ4v) is 5.50. The van der Waals surface area contributed by atoms with Crippen LogP contribution in [0.3, 0.4) is 0 Å². The number of benzene rings is 1. The number of ether oxygens (including phenoxy) is 1. The van der Waals surface area contributed by atoms with Crippen LogP contribution in [0.4, 0.5) is 24.7 Å². The normalized spacial score (nSPS) is 22.1. The maximum absolute atomic E-state index is 14.1.